The van der Waals surface area contributed by atoms with Crippen molar-refractivity contribution in [3.8, 4) is 0 Å². The highest BCUT2D eigenvalue weighted by Gasteiger charge is 2.08. The Kier molecular flexibility index (Phi) is 5.19. The lowest BCUT2D eigenvalue weighted by atomic mass is 10.0. The van der Waals surface area contributed by atoms with Gasteiger partial charge in [-0.05, 0) is 23.1 Å². The number of halogens is 1. The molecular weight excluding hydrogens is 268 g/mol. The van der Waals surface area contributed by atoms with Gasteiger partial charge in [-0.25, -0.2) is 0 Å². The van der Waals surface area contributed by atoms with Gasteiger partial charge in [0.1, 0.15) is 0 Å². The minimum Gasteiger partial charge on any atom is -0.305 e. The molecule has 0 aromatic heterocycles. The van der Waals surface area contributed by atoms with Crippen molar-refractivity contribution in [3.05, 3.63) is 70.7 Å². The summed E-state index contributed by atoms with van der Waals surface area (Å²) < 4.78 is 0. The summed E-state index contributed by atoms with van der Waals surface area (Å²) in [5.74, 6) is 0.358. The normalized spacial score (nSPS) is 11.7. The molecule has 0 heterocycles. The van der Waals surface area contributed by atoms with Crippen LogP contribution in [-0.2, 0) is 6.54 Å². The molecule has 0 saturated heterocycles. The molecule has 2 nitrogen and oxygen atoms in total. The van der Waals surface area contributed by atoms with Gasteiger partial charge in [0.05, 0.1) is 12.3 Å². The molecule has 0 amide bonds. The average Bonchev–Trinajstić information content (AvgIpc) is 2.46. The highest BCUT2D eigenvalue weighted by molar-refractivity contribution is 6.31. The molecule has 0 fully saturated rings. The minimum atomic E-state index is 0.358. The van der Waals surface area contributed by atoms with Gasteiger partial charge >= 0.3 is 0 Å². The van der Waals surface area contributed by atoms with Gasteiger partial charge in [0.2, 0.25) is 0 Å². The first-order chi connectivity index (χ1) is 9.68. The Labute approximate surface area is 125 Å². The molecule has 0 unspecified atom stereocenters. The summed E-state index contributed by atoms with van der Waals surface area (Å²) in [6, 6.07) is 18.0. The van der Waals surface area contributed by atoms with Crippen LogP contribution in [-0.4, -0.2) is 5.71 Å². The van der Waals surface area contributed by atoms with E-state index in [2.05, 4.69) is 36.5 Å². The van der Waals surface area contributed by atoms with Crippen LogP contribution in [0, 0.1) is 5.92 Å². The first-order valence-electron chi connectivity index (χ1n) is 6.77. The van der Waals surface area contributed by atoms with E-state index < -0.39 is 0 Å². The molecule has 0 radical (unpaired) electrons. The maximum atomic E-state index is 6.13. The van der Waals surface area contributed by atoms with Gasteiger partial charge in [0, 0.05) is 5.02 Å². The van der Waals surface area contributed by atoms with Crippen LogP contribution in [0.1, 0.15) is 25.0 Å². The van der Waals surface area contributed by atoms with Crippen molar-refractivity contribution in [3.63, 3.8) is 0 Å². The number of rotatable bonds is 5. The molecule has 0 aliphatic carbocycles. The van der Waals surface area contributed by atoms with Gasteiger partial charge in [0.25, 0.3) is 0 Å². The van der Waals surface area contributed by atoms with Crippen molar-refractivity contribution in [1.82, 2.24) is 5.43 Å². The third-order valence-electron chi connectivity index (χ3n) is 3.04. The predicted molar refractivity (Wildman–Crippen MR) is 86.1 cm³/mol. The zero-order valence-electron chi connectivity index (χ0n) is 11.8. The Morgan fingerprint density at radius 2 is 1.70 bits per heavy atom. The van der Waals surface area contributed by atoms with Crippen molar-refractivity contribution in [2.24, 2.45) is 11.0 Å². The number of hydrogen-bond acceptors (Lipinski definition) is 2. The maximum Gasteiger partial charge on any atom is 0.0700 e. The molecule has 2 aromatic carbocycles. The highest BCUT2D eigenvalue weighted by atomic mass is 35.5. The molecular formula is C17H19ClN2. The second-order valence-corrected chi connectivity index (χ2v) is 5.35. The Morgan fingerprint density at radius 3 is 2.35 bits per heavy atom. The van der Waals surface area contributed by atoms with Crippen molar-refractivity contribution in [2.45, 2.75) is 20.4 Å². The van der Waals surface area contributed by atoms with Crippen LogP contribution in [0.25, 0.3) is 0 Å². The quantitative estimate of drug-likeness (QED) is 0.635. The lowest BCUT2D eigenvalue weighted by Gasteiger charge is -2.11. The lowest BCUT2D eigenvalue weighted by Crippen LogP contribution is -2.16. The number of nitrogens with zero attached hydrogens (tertiary/aromatic N) is 1. The average molecular weight is 287 g/mol. The van der Waals surface area contributed by atoms with Crippen LogP contribution < -0.4 is 5.43 Å². The zero-order valence-corrected chi connectivity index (χ0v) is 12.6. The molecule has 0 aliphatic heterocycles. The Hall–Kier alpha value is -1.80. The third kappa shape index (κ3) is 3.84. The second-order valence-electron chi connectivity index (χ2n) is 4.94. The monoisotopic (exact) mass is 286 g/mol. The van der Waals surface area contributed by atoms with Crippen molar-refractivity contribution < 1.29 is 0 Å². The van der Waals surface area contributed by atoms with Crippen LogP contribution in [0.5, 0.6) is 0 Å². The van der Waals surface area contributed by atoms with Crippen LogP contribution in [0.2, 0.25) is 5.02 Å². The van der Waals surface area contributed by atoms with Crippen LogP contribution in [0.3, 0.4) is 0 Å². The van der Waals surface area contributed by atoms with Crippen LogP contribution in [0.15, 0.2) is 59.7 Å². The van der Waals surface area contributed by atoms with E-state index >= 15 is 0 Å². The van der Waals surface area contributed by atoms with E-state index in [9.17, 15) is 0 Å². The third-order valence-corrected chi connectivity index (χ3v) is 3.41. The van der Waals surface area contributed by atoms with Crippen molar-refractivity contribution >= 4 is 17.3 Å². The van der Waals surface area contributed by atoms with E-state index in [0.717, 1.165) is 21.9 Å². The smallest absolute Gasteiger partial charge is 0.0700 e. The van der Waals surface area contributed by atoms with E-state index in [1.54, 1.807) is 0 Å². The summed E-state index contributed by atoms with van der Waals surface area (Å²) in [5.41, 5.74) is 6.38. The van der Waals surface area contributed by atoms with Crippen LogP contribution in [0.4, 0.5) is 0 Å². The van der Waals surface area contributed by atoms with Gasteiger partial charge in [-0.3, -0.25) is 0 Å². The van der Waals surface area contributed by atoms with E-state index in [1.165, 1.54) is 0 Å². The number of nitrogens with one attached hydrogen (secondary N) is 1. The fourth-order valence-corrected chi connectivity index (χ4v) is 2.19. The number of hydrazone groups is 1. The topological polar surface area (TPSA) is 24.4 Å². The van der Waals surface area contributed by atoms with Crippen molar-refractivity contribution in [2.75, 3.05) is 0 Å². The van der Waals surface area contributed by atoms with Crippen LogP contribution >= 0.6 is 11.6 Å². The molecule has 3 heteroatoms. The van der Waals surface area contributed by atoms with E-state index in [1.807, 2.05) is 42.5 Å². The molecule has 0 bridgehead atoms. The molecule has 1 N–H and O–H groups in total. The summed E-state index contributed by atoms with van der Waals surface area (Å²) in [6.45, 7) is 4.91. The Morgan fingerprint density at radius 1 is 1.05 bits per heavy atom. The van der Waals surface area contributed by atoms with E-state index in [-0.39, 0.29) is 0 Å². The molecule has 0 saturated carbocycles. The molecule has 0 aliphatic rings. The minimum absolute atomic E-state index is 0.358. The maximum absolute atomic E-state index is 6.13. The zero-order chi connectivity index (χ0) is 14.4. The van der Waals surface area contributed by atoms with Crippen molar-refractivity contribution in [1.29, 1.82) is 0 Å². The fourth-order valence-electron chi connectivity index (χ4n) is 1.99. The number of benzene rings is 2. The summed E-state index contributed by atoms with van der Waals surface area (Å²) in [6.07, 6.45) is 0. The molecule has 2 rings (SSSR count). The SMILES string of the molecule is CC(C)/C(=N/NCc1ccccc1Cl)c1ccccc1. The standard InChI is InChI=1S/C17H19ClN2/c1-13(2)17(14-8-4-3-5-9-14)20-19-12-15-10-6-7-11-16(15)18/h3-11,13,19H,12H2,1-2H3/b20-17-. The molecule has 0 spiro atoms. The first kappa shape index (κ1) is 14.6. The van der Waals surface area contributed by atoms with E-state index in [4.69, 9.17) is 11.6 Å². The molecule has 20 heavy (non-hydrogen) atoms. The summed E-state index contributed by atoms with van der Waals surface area (Å²) in [4.78, 5) is 0. The van der Waals surface area contributed by atoms with Gasteiger partial charge in [0.15, 0.2) is 0 Å². The van der Waals surface area contributed by atoms with E-state index in [0.29, 0.717) is 12.5 Å². The Balaban J connectivity index is 2.10. The largest absolute Gasteiger partial charge is 0.305 e. The predicted octanol–water partition coefficient (Wildman–Crippen LogP) is 4.49. The first-order valence-corrected chi connectivity index (χ1v) is 7.15. The molecule has 2 aromatic rings. The summed E-state index contributed by atoms with van der Waals surface area (Å²) in [5, 5.41) is 5.30. The molecule has 0 atom stereocenters. The van der Waals surface area contributed by atoms with Gasteiger partial charge < -0.3 is 5.43 Å². The summed E-state index contributed by atoms with van der Waals surface area (Å²) >= 11 is 6.13. The molecule has 104 valence electrons. The van der Waals surface area contributed by atoms with Gasteiger partial charge in [-0.1, -0.05) is 74.0 Å². The number of hydrogen-bond donors (Lipinski definition) is 1. The second kappa shape index (κ2) is 7.11. The summed E-state index contributed by atoms with van der Waals surface area (Å²) in [7, 11) is 0. The fraction of sp³-hybridized carbons (Fsp3) is 0.235. The van der Waals surface area contributed by atoms with Gasteiger partial charge in [-0.2, -0.15) is 5.10 Å². The Bertz CT molecular complexity index is 577. The highest BCUT2D eigenvalue weighted by Crippen LogP contribution is 2.14. The lowest BCUT2D eigenvalue weighted by molar-refractivity contribution is 0.727. The van der Waals surface area contributed by atoms with Gasteiger partial charge in [-0.15, -0.1) is 0 Å².